The van der Waals surface area contributed by atoms with Crippen LogP contribution in [0.2, 0.25) is 0 Å². The molecule has 80 valence electrons. The molecule has 15 heavy (non-hydrogen) atoms. The van der Waals surface area contributed by atoms with Gasteiger partial charge in [-0.15, -0.1) is 0 Å². The third-order valence-electron chi connectivity index (χ3n) is 3.54. The Bertz CT molecular complexity index is 311. The van der Waals surface area contributed by atoms with Crippen LogP contribution in [0.1, 0.15) is 18.4 Å². The maximum absolute atomic E-state index is 3.66. The molecule has 1 aromatic rings. The van der Waals surface area contributed by atoms with Crippen LogP contribution >= 0.6 is 0 Å². The maximum atomic E-state index is 3.66. The summed E-state index contributed by atoms with van der Waals surface area (Å²) in [5.41, 5.74) is 1.44. The lowest BCUT2D eigenvalue weighted by Gasteiger charge is -2.32. The van der Waals surface area contributed by atoms with Gasteiger partial charge < -0.3 is 5.32 Å². The van der Waals surface area contributed by atoms with Gasteiger partial charge in [-0.3, -0.25) is 4.90 Å². The number of likely N-dealkylation sites (tertiary alicyclic amines) is 1. The largest absolute Gasteiger partial charge is 0.309 e. The van der Waals surface area contributed by atoms with Crippen molar-refractivity contribution in [2.45, 2.75) is 31.5 Å². The van der Waals surface area contributed by atoms with Crippen molar-refractivity contribution in [3.05, 3.63) is 35.9 Å². The number of hydrogen-bond donors (Lipinski definition) is 1. The Morgan fingerprint density at radius 1 is 1.07 bits per heavy atom. The molecular formula is C13H18N2. The molecule has 2 heteroatoms. The van der Waals surface area contributed by atoms with Crippen molar-refractivity contribution in [2.24, 2.45) is 0 Å². The van der Waals surface area contributed by atoms with Crippen molar-refractivity contribution in [2.75, 3.05) is 13.1 Å². The molecule has 2 atom stereocenters. The van der Waals surface area contributed by atoms with Gasteiger partial charge in [-0.05, 0) is 18.4 Å². The molecule has 2 nitrogen and oxygen atoms in total. The van der Waals surface area contributed by atoms with Crippen LogP contribution in [0.5, 0.6) is 0 Å². The first-order valence-corrected chi connectivity index (χ1v) is 5.92. The van der Waals surface area contributed by atoms with Crippen molar-refractivity contribution >= 4 is 0 Å². The monoisotopic (exact) mass is 202 g/mol. The van der Waals surface area contributed by atoms with Crippen molar-refractivity contribution in [3.8, 4) is 0 Å². The quantitative estimate of drug-likeness (QED) is 0.784. The summed E-state index contributed by atoms with van der Waals surface area (Å²) < 4.78 is 0. The second-order valence-corrected chi connectivity index (χ2v) is 4.82. The van der Waals surface area contributed by atoms with Gasteiger partial charge in [0.25, 0.3) is 0 Å². The normalized spacial score (nSPS) is 30.7. The summed E-state index contributed by atoms with van der Waals surface area (Å²) in [4.78, 5) is 2.59. The minimum absolute atomic E-state index is 0.757. The van der Waals surface area contributed by atoms with E-state index < -0.39 is 0 Å². The van der Waals surface area contributed by atoms with Gasteiger partial charge in [0, 0.05) is 31.7 Å². The topological polar surface area (TPSA) is 15.3 Å². The number of nitrogens with one attached hydrogen (secondary N) is 1. The highest BCUT2D eigenvalue weighted by Gasteiger charge is 2.31. The van der Waals surface area contributed by atoms with Gasteiger partial charge in [0.05, 0.1) is 0 Å². The SMILES string of the molecule is c1ccc(CN2C[C@H]3CC[C@H](C2)N3)cc1. The number of benzene rings is 1. The molecule has 0 amide bonds. The molecule has 2 saturated heterocycles. The Morgan fingerprint density at radius 2 is 1.73 bits per heavy atom. The number of rotatable bonds is 2. The molecule has 2 fully saturated rings. The second-order valence-electron chi connectivity index (χ2n) is 4.82. The zero-order valence-corrected chi connectivity index (χ0v) is 9.02. The van der Waals surface area contributed by atoms with Gasteiger partial charge in [-0.25, -0.2) is 0 Å². The summed E-state index contributed by atoms with van der Waals surface area (Å²) in [5.74, 6) is 0. The Morgan fingerprint density at radius 3 is 2.40 bits per heavy atom. The minimum atomic E-state index is 0.757. The zero-order chi connectivity index (χ0) is 10.1. The minimum Gasteiger partial charge on any atom is -0.309 e. The Hall–Kier alpha value is -0.860. The van der Waals surface area contributed by atoms with Crippen molar-refractivity contribution in [3.63, 3.8) is 0 Å². The highest BCUT2D eigenvalue weighted by Crippen LogP contribution is 2.21. The Labute approximate surface area is 91.3 Å². The lowest BCUT2D eigenvalue weighted by Crippen LogP contribution is -2.50. The van der Waals surface area contributed by atoms with E-state index in [4.69, 9.17) is 0 Å². The fourth-order valence-electron chi connectivity index (χ4n) is 2.86. The average Bonchev–Trinajstić information content (AvgIpc) is 2.60. The molecular weight excluding hydrogens is 184 g/mol. The molecule has 0 radical (unpaired) electrons. The molecule has 0 unspecified atom stereocenters. The predicted molar refractivity (Wildman–Crippen MR) is 61.7 cm³/mol. The van der Waals surface area contributed by atoms with Gasteiger partial charge in [0.15, 0.2) is 0 Å². The predicted octanol–water partition coefficient (Wildman–Crippen LogP) is 1.62. The molecule has 1 N–H and O–H groups in total. The number of fused-ring (bicyclic) bond motifs is 2. The first-order chi connectivity index (χ1) is 7.40. The van der Waals surface area contributed by atoms with Crippen LogP contribution in [0.15, 0.2) is 30.3 Å². The van der Waals surface area contributed by atoms with Gasteiger partial charge in [0.2, 0.25) is 0 Å². The molecule has 0 saturated carbocycles. The van der Waals surface area contributed by atoms with Crippen LogP contribution in [0.3, 0.4) is 0 Å². The summed E-state index contributed by atoms with van der Waals surface area (Å²) in [5, 5.41) is 3.66. The molecule has 0 spiro atoms. The smallest absolute Gasteiger partial charge is 0.0235 e. The Balaban J connectivity index is 1.65. The van der Waals surface area contributed by atoms with Crippen LogP contribution in [0.4, 0.5) is 0 Å². The molecule has 0 aliphatic carbocycles. The van der Waals surface area contributed by atoms with E-state index in [1.807, 2.05) is 0 Å². The van der Waals surface area contributed by atoms with Gasteiger partial charge in [-0.2, -0.15) is 0 Å². The van der Waals surface area contributed by atoms with E-state index in [2.05, 4.69) is 40.5 Å². The third-order valence-corrected chi connectivity index (χ3v) is 3.54. The number of piperazine rings is 1. The van der Waals surface area contributed by atoms with Crippen LogP contribution in [-0.4, -0.2) is 30.1 Å². The third kappa shape index (κ3) is 2.06. The average molecular weight is 202 g/mol. The Kier molecular flexibility index (Phi) is 2.47. The summed E-state index contributed by atoms with van der Waals surface area (Å²) >= 11 is 0. The van der Waals surface area contributed by atoms with Gasteiger partial charge >= 0.3 is 0 Å². The molecule has 0 aromatic heterocycles. The van der Waals surface area contributed by atoms with Crippen molar-refractivity contribution in [1.29, 1.82) is 0 Å². The highest BCUT2D eigenvalue weighted by atomic mass is 15.2. The van der Waals surface area contributed by atoms with Crippen molar-refractivity contribution in [1.82, 2.24) is 10.2 Å². The fraction of sp³-hybridized carbons (Fsp3) is 0.538. The summed E-state index contributed by atoms with van der Waals surface area (Å²) in [6, 6.07) is 12.3. The summed E-state index contributed by atoms with van der Waals surface area (Å²) in [7, 11) is 0. The van der Waals surface area contributed by atoms with Crippen molar-refractivity contribution < 1.29 is 0 Å². The van der Waals surface area contributed by atoms with Crippen LogP contribution in [0.25, 0.3) is 0 Å². The fourth-order valence-corrected chi connectivity index (χ4v) is 2.86. The van der Waals surface area contributed by atoms with E-state index in [9.17, 15) is 0 Å². The van der Waals surface area contributed by atoms with Gasteiger partial charge in [-0.1, -0.05) is 30.3 Å². The number of hydrogen-bond acceptors (Lipinski definition) is 2. The summed E-state index contributed by atoms with van der Waals surface area (Å²) in [6.45, 7) is 3.58. The first kappa shape index (κ1) is 9.37. The van der Waals surface area contributed by atoms with E-state index in [1.165, 1.54) is 31.5 Å². The molecule has 2 heterocycles. The number of nitrogens with zero attached hydrogens (tertiary/aromatic N) is 1. The van der Waals surface area contributed by atoms with E-state index >= 15 is 0 Å². The van der Waals surface area contributed by atoms with E-state index in [-0.39, 0.29) is 0 Å². The molecule has 2 bridgehead atoms. The summed E-state index contributed by atoms with van der Waals surface area (Å²) in [6.07, 6.45) is 2.74. The van der Waals surface area contributed by atoms with E-state index in [0.717, 1.165) is 18.6 Å². The molecule has 2 aliphatic heterocycles. The van der Waals surface area contributed by atoms with Gasteiger partial charge in [0.1, 0.15) is 0 Å². The highest BCUT2D eigenvalue weighted by molar-refractivity contribution is 5.14. The molecule has 2 aliphatic rings. The zero-order valence-electron chi connectivity index (χ0n) is 9.02. The first-order valence-electron chi connectivity index (χ1n) is 5.92. The lowest BCUT2D eigenvalue weighted by atomic mass is 10.1. The lowest BCUT2D eigenvalue weighted by molar-refractivity contribution is 0.189. The van der Waals surface area contributed by atoms with Crippen LogP contribution in [-0.2, 0) is 6.54 Å². The van der Waals surface area contributed by atoms with Crippen LogP contribution < -0.4 is 5.32 Å². The van der Waals surface area contributed by atoms with Crippen LogP contribution in [0, 0.1) is 0 Å². The van der Waals surface area contributed by atoms with E-state index in [1.54, 1.807) is 0 Å². The van der Waals surface area contributed by atoms with E-state index in [0.29, 0.717) is 0 Å². The molecule has 1 aromatic carbocycles. The maximum Gasteiger partial charge on any atom is 0.0235 e. The molecule has 3 rings (SSSR count). The standard InChI is InChI=1S/C13H18N2/c1-2-4-11(5-3-1)8-15-9-12-6-7-13(10-15)14-12/h1-5,12-14H,6-10H2/t12-,13-/m1/s1. The second kappa shape index (κ2) is 3.95.